The van der Waals surface area contributed by atoms with E-state index >= 15 is 0 Å². The summed E-state index contributed by atoms with van der Waals surface area (Å²) in [5.74, 6) is -1.16. The van der Waals surface area contributed by atoms with Gasteiger partial charge in [-0.25, -0.2) is 14.4 Å². The van der Waals surface area contributed by atoms with Crippen molar-refractivity contribution in [3.8, 4) is 0 Å². The molecule has 0 aliphatic carbocycles. The Bertz CT molecular complexity index is 246. The first kappa shape index (κ1) is 9.24. The monoisotopic (exact) mass is 185 g/mol. The van der Waals surface area contributed by atoms with Crippen molar-refractivity contribution in [1.29, 1.82) is 0 Å². The second-order valence-electron chi connectivity index (χ2n) is 2.14. The molecule has 0 radical (unpaired) electrons. The minimum Gasteiger partial charge on any atom is -0.448 e. The van der Waals surface area contributed by atoms with Crippen molar-refractivity contribution in [2.45, 2.75) is 0 Å². The fourth-order valence-electron chi connectivity index (χ4n) is 0.651. The predicted molar refractivity (Wildman–Crippen MR) is 39.6 cm³/mol. The Hall–Kier alpha value is -1.85. The van der Waals surface area contributed by atoms with Gasteiger partial charge in [0.05, 0.1) is 6.54 Å². The molecule has 0 bridgehead atoms. The van der Waals surface area contributed by atoms with Gasteiger partial charge in [-0.2, -0.15) is 0 Å². The maximum Gasteiger partial charge on any atom is 0.407 e. The van der Waals surface area contributed by atoms with Crippen LogP contribution in [0.3, 0.4) is 0 Å². The number of amides is 1. The quantitative estimate of drug-likeness (QED) is 0.400. The van der Waals surface area contributed by atoms with Crippen molar-refractivity contribution in [2.24, 2.45) is 0 Å². The molecule has 2 rings (SSSR count). The largest absolute Gasteiger partial charge is 0.448 e. The first-order chi connectivity index (χ1) is 6.18. The van der Waals surface area contributed by atoms with Crippen LogP contribution < -0.4 is 5.32 Å². The fourth-order valence-corrected chi connectivity index (χ4v) is 0.651. The standard InChI is InChI=1S/C4H2O3.C3H5NO2/c5-3-1-2-4(6)7-3;5-3-4-1-2-6-3/h1-2H;1-2H2,(H,4,5). The van der Waals surface area contributed by atoms with Crippen LogP contribution in [0.25, 0.3) is 0 Å². The summed E-state index contributed by atoms with van der Waals surface area (Å²) in [4.78, 5) is 29.8. The molecule has 2 aliphatic heterocycles. The molecule has 1 saturated heterocycles. The molecule has 13 heavy (non-hydrogen) atoms. The number of rotatable bonds is 0. The zero-order valence-electron chi connectivity index (χ0n) is 6.61. The molecule has 0 aromatic carbocycles. The second-order valence-corrected chi connectivity index (χ2v) is 2.14. The molecule has 0 spiro atoms. The molecule has 1 amide bonds. The van der Waals surface area contributed by atoms with Crippen LogP contribution in [-0.4, -0.2) is 31.2 Å². The topological polar surface area (TPSA) is 81.7 Å². The molecule has 2 heterocycles. The Morgan fingerprint density at radius 2 is 1.77 bits per heavy atom. The Labute approximate surface area is 73.5 Å². The van der Waals surface area contributed by atoms with Gasteiger partial charge in [-0.3, -0.25) is 0 Å². The van der Waals surface area contributed by atoms with E-state index in [9.17, 15) is 14.4 Å². The number of nitrogens with one attached hydrogen (secondary N) is 1. The van der Waals surface area contributed by atoms with Crippen molar-refractivity contribution >= 4 is 18.0 Å². The smallest absolute Gasteiger partial charge is 0.407 e. The molecule has 70 valence electrons. The summed E-state index contributed by atoms with van der Waals surface area (Å²) < 4.78 is 8.38. The minimum absolute atomic E-state index is 0.296. The number of carbonyl (C=O) groups excluding carboxylic acids is 3. The third kappa shape index (κ3) is 3.37. The zero-order valence-corrected chi connectivity index (χ0v) is 6.61. The number of hydrogen-bond donors (Lipinski definition) is 1. The zero-order chi connectivity index (χ0) is 9.68. The molecule has 1 fully saturated rings. The van der Waals surface area contributed by atoms with Crippen LogP contribution in [-0.2, 0) is 19.1 Å². The van der Waals surface area contributed by atoms with Crippen LogP contribution >= 0.6 is 0 Å². The van der Waals surface area contributed by atoms with Crippen molar-refractivity contribution in [3.63, 3.8) is 0 Å². The van der Waals surface area contributed by atoms with Gasteiger partial charge in [0.15, 0.2) is 0 Å². The Kier molecular flexibility index (Phi) is 3.02. The fraction of sp³-hybridized carbons (Fsp3) is 0.286. The van der Waals surface area contributed by atoms with E-state index in [2.05, 4.69) is 14.8 Å². The second kappa shape index (κ2) is 4.24. The van der Waals surface area contributed by atoms with Gasteiger partial charge in [-0.1, -0.05) is 0 Å². The van der Waals surface area contributed by atoms with Gasteiger partial charge in [0.2, 0.25) is 0 Å². The molecule has 1 N–H and O–H groups in total. The predicted octanol–water partition coefficient (Wildman–Crippen LogP) is -0.648. The van der Waals surface area contributed by atoms with E-state index in [-0.39, 0.29) is 6.09 Å². The van der Waals surface area contributed by atoms with Crippen molar-refractivity contribution in [3.05, 3.63) is 12.2 Å². The first-order valence-electron chi connectivity index (χ1n) is 3.53. The molecular weight excluding hydrogens is 178 g/mol. The van der Waals surface area contributed by atoms with E-state index in [0.29, 0.717) is 13.2 Å². The van der Waals surface area contributed by atoms with Crippen molar-refractivity contribution < 1.29 is 23.9 Å². The van der Waals surface area contributed by atoms with Crippen molar-refractivity contribution in [1.82, 2.24) is 5.32 Å². The third-order valence-electron chi connectivity index (χ3n) is 1.16. The summed E-state index contributed by atoms with van der Waals surface area (Å²) >= 11 is 0. The van der Waals surface area contributed by atoms with E-state index in [1.54, 1.807) is 0 Å². The lowest BCUT2D eigenvalue weighted by Crippen LogP contribution is -2.11. The molecule has 2 aliphatic rings. The number of ether oxygens (including phenoxy) is 2. The van der Waals surface area contributed by atoms with Crippen LogP contribution in [0.2, 0.25) is 0 Å². The van der Waals surface area contributed by atoms with E-state index in [4.69, 9.17) is 0 Å². The van der Waals surface area contributed by atoms with Gasteiger partial charge in [-0.15, -0.1) is 0 Å². The molecule has 0 aromatic rings. The highest BCUT2D eigenvalue weighted by Gasteiger charge is 2.10. The van der Waals surface area contributed by atoms with E-state index in [1.165, 1.54) is 0 Å². The Balaban J connectivity index is 0.000000132. The number of esters is 2. The summed E-state index contributed by atoms with van der Waals surface area (Å²) in [6, 6.07) is 0. The maximum absolute atomic E-state index is 9.92. The average molecular weight is 185 g/mol. The lowest BCUT2D eigenvalue weighted by atomic mass is 10.6. The SMILES string of the molecule is O=C1C=CC(=O)O1.O=C1NCCO1. The summed E-state index contributed by atoms with van der Waals surface area (Å²) in [6.07, 6.45) is 1.88. The van der Waals surface area contributed by atoms with Crippen LogP contribution in [0.4, 0.5) is 4.79 Å². The molecule has 0 atom stereocenters. The summed E-state index contributed by atoms with van der Waals surface area (Å²) in [5, 5.41) is 2.46. The van der Waals surface area contributed by atoms with Crippen LogP contribution in [0.1, 0.15) is 0 Å². The van der Waals surface area contributed by atoms with Gasteiger partial charge in [0.25, 0.3) is 0 Å². The Morgan fingerprint density at radius 3 is 1.92 bits per heavy atom. The van der Waals surface area contributed by atoms with Gasteiger partial charge in [0.1, 0.15) is 6.61 Å². The van der Waals surface area contributed by atoms with Crippen molar-refractivity contribution in [2.75, 3.05) is 13.2 Å². The number of alkyl carbamates (subject to hydrolysis) is 1. The van der Waals surface area contributed by atoms with E-state index in [1.807, 2.05) is 0 Å². The lowest BCUT2D eigenvalue weighted by molar-refractivity contribution is -0.150. The minimum atomic E-state index is -0.579. The van der Waals surface area contributed by atoms with Gasteiger partial charge < -0.3 is 14.8 Å². The summed E-state index contributed by atoms with van der Waals surface area (Å²) in [7, 11) is 0. The molecule has 0 aromatic heterocycles. The highest BCUT2D eigenvalue weighted by molar-refractivity contribution is 6.04. The van der Waals surface area contributed by atoms with Crippen LogP contribution in [0, 0.1) is 0 Å². The lowest BCUT2D eigenvalue weighted by Gasteiger charge is -1.80. The van der Waals surface area contributed by atoms with Crippen LogP contribution in [0.5, 0.6) is 0 Å². The summed E-state index contributed by atoms with van der Waals surface area (Å²) in [6.45, 7) is 1.19. The molecule has 6 heteroatoms. The van der Waals surface area contributed by atoms with Gasteiger partial charge >= 0.3 is 18.0 Å². The normalized spacial score (nSPS) is 18.6. The first-order valence-corrected chi connectivity index (χ1v) is 3.53. The highest BCUT2D eigenvalue weighted by Crippen LogP contribution is 1.92. The molecular formula is C7H7NO5. The van der Waals surface area contributed by atoms with E-state index in [0.717, 1.165) is 12.2 Å². The number of cyclic esters (lactones) is 3. The number of carbonyl (C=O) groups is 3. The third-order valence-corrected chi connectivity index (χ3v) is 1.16. The molecule has 6 nitrogen and oxygen atoms in total. The highest BCUT2D eigenvalue weighted by atomic mass is 16.6. The average Bonchev–Trinajstić information content (AvgIpc) is 2.64. The number of hydrogen-bond acceptors (Lipinski definition) is 5. The summed E-state index contributed by atoms with van der Waals surface area (Å²) in [5.41, 5.74) is 0. The van der Waals surface area contributed by atoms with Crippen LogP contribution in [0.15, 0.2) is 12.2 Å². The van der Waals surface area contributed by atoms with E-state index < -0.39 is 11.9 Å². The molecule has 0 unspecified atom stereocenters. The maximum atomic E-state index is 9.92. The van der Waals surface area contributed by atoms with Gasteiger partial charge in [-0.05, 0) is 0 Å². The molecule has 0 saturated carbocycles. The Morgan fingerprint density at radius 1 is 1.15 bits per heavy atom. The van der Waals surface area contributed by atoms with Gasteiger partial charge in [0, 0.05) is 12.2 Å².